The Morgan fingerprint density at radius 1 is 1.06 bits per heavy atom. The summed E-state index contributed by atoms with van der Waals surface area (Å²) in [6, 6.07) is 12.9. The van der Waals surface area contributed by atoms with E-state index in [4.69, 9.17) is 4.74 Å². The van der Waals surface area contributed by atoms with E-state index in [0.717, 1.165) is 23.3 Å². The monoisotopic (exact) mass is 489 g/mol. The number of nitrogens with zero attached hydrogens (tertiary/aromatic N) is 3. The van der Waals surface area contributed by atoms with E-state index in [-0.39, 0.29) is 11.6 Å². The highest BCUT2D eigenvalue weighted by Gasteiger charge is 2.31. The van der Waals surface area contributed by atoms with E-state index in [9.17, 15) is 22.8 Å². The van der Waals surface area contributed by atoms with Crippen molar-refractivity contribution in [2.24, 2.45) is 0 Å². The molecule has 0 saturated carbocycles. The Kier molecular flexibility index (Phi) is 6.87. The number of amides is 1. The highest BCUT2D eigenvalue weighted by Crippen LogP contribution is 2.32. The average Bonchev–Trinajstić information content (AvgIpc) is 3.33. The highest BCUT2D eigenvalue weighted by molar-refractivity contribution is 7.13. The van der Waals surface area contributed by atoms with Gasteiger partial charge in [0.25, 0.3) is 5.91 Å². The number of esters is 1. The Bertz CT molecular complexity index is 1170. The molecule has 10 heteroatoms. The third-order valence-electron chi connectivity index (χ3n) is 5.51. The number of halogens is 3. The van der Waals surface area contributed by atoms with Gasteiger partial charge in [0.05, 0.1) is 5.56 Å². The number of ether oxygens (including phenoxy) is 1. The SMILES string of the molecule is Cc1ccc(-c2nc(C(=O)OCC(=O)N3CCN(c4cccc(C(F)(F)F)c4)CC3)cs2)cc1. The first-order chi connectivity index (χ1) is 16.2. The number of anilines is 1. The molecule has 6 nitrogen and oxygen atoms in total. The van der Waals surface area contributed by atoms with Crippen LogP contribution in [0.3, 0.4) is 0 Å². The minimum absolute atomic E-state index is 0.141. The summed E-state index contributed by atoms with van der Waals surface area (Å²) in [4.78, 5) is 32.5. The molecule has 0 atom stereocenters. The zero-order chi connectivity index (χ0) is 24.3. The van der Waals surface area contributed by atoms with Crippen molar-refractivity contribution in [2.45, 2.75) is 13.1 Å². The van der Waals surface area contributed by atoms with Crippen LogP contribution in [0.15, 0.2) is 53.9 Å². The van der Waals surface area contributed by atoms with Gasteiger partial charge in [-0.2, -0.15) is 13.2 Å². The molecule has 1 amide bonds. The van der Waals surface area contributed by atoms with Crippen LogP contribution in [0.1, 0.15) is 21.6 Å². The Morgan fingerprint density at radius 3 is 2.44 bits per heavy atom. The summed E-state index contributed by atoms with van der Waals surface area (Å²) in [6.45, 7) is 2.97. The van der Waals surface area contributed by atoms with Gasteiger partial charge in [-0.05, 0) is 25.1 Å². The van der Waals surface area contributed by atoms with Gasteiger partial charge in [-0.3, -0.25) is 4.79 Å². The molecule has 0 bridgehead atoms. The molecule has 0 spiro atoms. The van der Waals surface area contributed by atoms with Gasteiger partial charge in [0.15, 0.2) is 12.3 Å². The van der Waals surface area contributed by atoms with E-state index in [1.807, 2.05) is 31.2 Å². The van der Waals surface area contributed by atoms with E-state index in [0.29, 0.717) is 36.9 Å². The predicted octanol–water partition coefficient (Wildman–Crippen LogP) is 4.64. The molecule has 1 aliphatic heterocycles. The number of rotatable bonds is 5. The lowest BCUT2D eigenvalue weighted by atomic mass is 10.1. The van der Waals surface area contributed by atoms with Gasteiger partial charge in [-0.1, -0.05) is 35.9 Å². The molecule has 0 N–H and O–H groups in total. The molecule has 0 aliphatic carbocycles. The maximum atomic E-state index is 13.0. The molecule has 1 saturated heterocycles. The van der Waals surface area contributed by atoms with Crippen molar-refractivity contribution in [3.05, 3.63) is 70.7 Å². The van der Waals surface area contributed by atoms with Crippen LogP contribution >= 0.6 is 11.3 Å². The lowest BCUT2D eigenvalue weighted by Crippen LogP contribution is -2.50. The minimum atomic E-state index is -4.41. The normalized spacial score (nSPS) is 14.2. The lowest BCUT2D eigenvalue weighted by molar-refractivity contribution is -0.137. The molecule has 3 aromatic rings. The second kappa shape index (κ2) is 9.84. The largest absolute Gasteiger partial charge is 0.451 e. The number of alkyl halides is 3. The Hall–Kier alpha value is -3.40. The maximum absolute atomic E-state index is 13.0. The van der Waals surface area contributed by atoms with E-state index in [1.54, 1.807) is 16.3 Å². The smallest absolute Gasteiger partial charge is 0.416 e. The summed E-state index contributed by atoms with van der Waals surface area (Å²) in [6.07, 6.45) is -4.41. The van der Waals surface area contributed by atoms with Gasteiger partial charge in [-0.15, -0.1) is 11.3 Å². The van der Waals surface area contributed by atoms with E-state index >= 15 is 0 Å². The summed E-state index contributed by atoms with van der Waals surface area (Å²) >= 11 is 1.32. The Morgan fingerprint density at radius 2 is 1.76 bits per heavy atom. The van der Waals surface area contributed by atoms with Crippen LogP contribution in [0.4, 0.5) is 18.9 Å². The fourth-order valence-corrected chi connectivity index (χ4v) is 4.38. The van der Waals surface area contributed by atoms with Crippen LogP contribution in [0.5, 0.6) is 0 Å². The number of carbonyl (C=O) groups excluding carboxylic acids is 2. The first kappa shape index (κ1) is 23.7. The second-order valence-electron chi connectivity index (χ2n) is 7.90. The maximum Gasteiger partial charge on any atom is 0.416 e. The van der Waals surface area contributed by atoms with Crippen LogP contribution in [0.2, 0.25) is 0 Å². The van der Waals surface area contributed by atoms with Crippen molar-refractivity contribution in [2.75, 3.05) is 37.7 Å². The van der Waals surface area contributed by atoms with Crippen molar-refractivity contribution >= 4 is 28.9 Å². The quantitative estimate of drug-likeness (QED) is 0.489. The van der Waals surface area contributed by atoms with Gasteiger partial charge in [0, 0.05) is 42.8 Å². The highest BCUT2D eigenvalue weighted by atomic mass is 32.1. The standard InChI is InChI=1S/C24H22F3N3O3S/c1-16-5-7-17(8-6-16)22-28-20(15-34-22)23(32)33-14-21(31)30-11-9-29(10-12-30)19-4-2-3-18(13-19)24(25,26)27/h2-8,13,15H,9-12,14H2,1H3. The number of benzene rings is 2. The molecule has 2 heterocycles. The molecule has 1 aliphatic rings. The first-order valence-electron chi connectivity index (χ1n) is 10.6. The van der Waals surface area contributed by atoms with Gasteiger partial charge < -0.3 is 14.5 Å². The van der Waals surface area contributed by atoms with Crippen molar-refractivity contribution in [3.63, 3.8) is 0 Å². The molecule has 0 radical (unpaired) electrons. The first-order valence-corrected chi connectivity index (χ1v) is 11.5. The molecule has 2 aromatic carbocycles. The van der Waals surface area contributed by atoms with Crippen LogP contribution in [0.25, 0.3) is 10.6 Å². The van der Waals surface area contributed by atoms with Crippen molar-refractivity contribution < 1.29 is 27.5 Å². The van der Waals surface area contributed by atoms with Gasteiger partial charge >= 0.3 is 12.1 Å². The molecule has 1 fully saturated rings. The third-order valence-corrected chi connectivity index (χ3v) is 6.40. The molecule has 4 rings (SSSR count). The summed E-state index contributed by atoms with van der Waals surface area (Å²) in [5, 5.41) is 2.28. The summed E-state index contributed by atoms with van der Waals surface area (Å²) in [5.74, 6) is -1.03. The zero-order valence-corrected chi connectivity index (χ0v) is 19.2. The van der Waals surface area contributed by atoms with E-state index in [1.165, 1.54) is 22.3 Å². The van der Waals surface area contributed by atoms with Gasteiger partial charge in [0.2, 0.25) is 0 Å². The van der Waals surface area contributed by atoms with E-state index < -0.39 is 24.3 Å². The van der Waals surface area contributed by atoms with Crippen LogP contribution < -0.4 is 4.90 Å². The molecule has 178 valence electrons. The van der Waals surface area contributed by atoms with Crippen molar-refractivity contribution in [3.8, 4) is 10.6 Å². The summed E-state index contributed by atoms with van der Waals surface area (Å²) in [5.41, 5.74) is 1.91. The molecular formula is C24H22F3N3O3S. The summed E-state index contributed by atoms with van der Waals surface area (Å²) in [7, 11) is 0. The van der Waals surface area contributed by atoms with Gasteiger partial charge in [0.1, 0.15) is 5.01 Å². The fraction of sp³-hybridized carbons (Fsp3) is 0.292. The number of aromatic nitrogens is 1. The average molecular weight is 490 g/mol. The molecular weight excluding hydrogens is 467 g/mol. The number of piperazine rings is 1. The van der Waals surface area contributed by atoms with Crippen LogP contribution in [-0.2, 0) is 15.7 Å². The van der Waals surface area contributed by atoms with Crippen LogP contribution in [-0.4, -0.2) is 54.5 Å². The molecule has 34 heavy (non-hydrogen) atoms. The Labute approximate surface area is 198 Å². The Balaban J connectivity index is 1.28. The zero-order valence-electron chi connectivity index (χ0n) is 18.3. The lowest BCUT2D eigenvalue weighted by Gasteiger charge is -2.36. The number of carbonyl (C=O) groups is 2. The number of thiazole rings is 1. The van der Waals surface area contributed by atoms with Crippen LogP contribution in [0, 0.1) is 6.92 Å². The summed E-state index contributed by atoms with van der Waals surface area (Å²) < 4.78 is 44.0. The topological polar surface area (TPSA) is 62.7 Å². The third kappa shape index (κ3) is 5.56. The van der Waals surface area contributed by atoms with Gasteiger partial charge in [-0.25, -0.2) is 9.78 Å². The second-order valence-corrected chi connectivity index (χ2v) is 8.75. The minimum Gasteiger partial charge on any atom is -0.451 e. The fourth-order valence-electron chi connectivity index (χ4n) is 3.58. The number of aryl methyl sites for hydroxylation is 1. The van der Waals surface area contributed by atoms with Crippen molar-refractivity contribution in [1.29, 1.82) is 0 Å². The number of hydrogen-bond acceptors (Lipinski definition) is 6. The molecule has 1 aromatic heterocycles. The number of hydrogen-bond donors (Lipinski definition) is 0. The molecule has 0 unspecified atom stereocenters. The van der Waals surface area contributed by atoms with E-state index in [2.05, 4.69) is 4.98 Å². The predicted molar refractivity (Wildman–Crippen MR) is 123 cm³/mol. The van der Waals surface area contributed by atoms with Crippen molar-refractivity contribution in [1.82, 2.24) is 9.88 Å².